The predicted octanol–water partition coefficient (Wildman–Crippen LogP) is 2.93. The van der Waals surface area contributed by atoms with Crippen molar-refractivity contribution in [3.63, 3.8) is 0 Å². The summed E-state index contributed by atoms with van der Waals surface area (Å²) in [5.74, 6) is -1.69. The number of hydrogen-bond acceptors (Lipinski definition) is 4. The van der Waals surface area contributed by atoms with Crippen LogP contribution < -0.4 is 5.32 Å². The number of nitrogens with one attached hydrogen (secondary N) is 1. The van der Waals surface area contributed by atoms with E-state index in [-0.39, 0.29) is 5.92 Å². The van der Waals surface area contributed by atoms with Gasteiger partial charge in [0.2, 0.25) is 0 Å². The summed E-state index contributed by atoms with van der Waals surface area (Å²) in [7, 11) is 0. The molecule has 1 saturated carbocycles. The maximum absolute atomic E-state index is 11.9. The van der Waals surface area contributed by atoms with Gasteiger partial charge in [-0.1, -0.05) is 6.92 Å². The van der Waals surface area contributed by atoms with Crippen LogP contribution in [-0.2, 0) is 9.53 Å². The van der Waals surface area contributed by atoms with Crippen molar-refractivity contribution in [1.29, 1.82) is 5.26 Å². The quantitative estimate of drug-likeness (QED) is 0.785. The van der Waals surface area contributed by atoms with E-state index in [9.17, 15) is 20.0 Å². The molecule has 0 spiro atoms. The Labute approximate surface area is 131 Å². The summed E-state index contributed by atoms with van der Waals surface area (Å²) in [5.41, 5.74) is -2.07. The maximum atomic E-state index is 11.9. The molecule has 1 rings (SSSR count). The third-order valence-electron chi connectivity index (χ3n) is 4.13. The fourth-order valence-corrected chi connectivity index (χ4v) is 3.06. The van der Waals surface area contributed by atoms with E-state index in [0.717, 1.165) is 12.8 Å². The molecule has 0 bridgehead atoms. The smallest absolute Gasteiger partial charge is 0.407 e. The van der Waals surface area contributed by atoms with Gasteiger partial charge < -0.3 is 15.2 Å². The molecule has 1 amide bonds. The molecular weight excluding hydrogens is 284 g/mol. The molecular formula is C16H26N2O4. The van der Waals surface area contributed by atoms with Crippen LogP contribution in [0.5, 0.6) is 0 Å². The first-order valence-corrected chi connectivity index (χ1v) is 7.72. The molecule has 2 unspecified atom stereocenters. The van der Waals surface area contributed by atoms with E-state index < -0.39 is 35.0 Å². The van der Waals surface area contributed by atoms with Crippen LogP contribution in [-0.4, -0.2) is 28.8 Å². The monoisotopic (exact) mass is 310 g/mol. The average molecular weight is 310 g/mol. The number of nitriles is 1. The lowest BCUT2D eigenvalue weighted by Crippen LogP contribution is -2.50. The van der Waals surface area contributed by atoms with Gasteiger partial charge in [0.1, 0.15) is 5.60 Å². The Balaban J connectivity index is 2.92. The van der Waals surface area contributed by atoms with Crippen molar-refractivity contribution < 1.29 is 19.4 Å². The van der Waals surface area contributed by atoms with E-state index in [0.29, 0.717) is 6.42 Å². The fourth-order valence-electron chi connectivity index (χ4n) is 3.06. The first-order valence-electron chi connectivity index (χ1n) is 7.72. The molecule has 0 aromatic carbocycles. The van der Waals surface area contributed by atoms with E-state index in [1.807, 2.05) is 13.0 Å². The van der Waals surface area contributed by atoms with Crippen molar-refractivity contribution in [2.75, 3.05) is 0 Å². The van der Waals surface area contributed by atoms with Gasteiger partial charge in [-0.05, 0) is 52.9 Å². The predicted molar refractivity (Wildman–Crippen MR) is 81.0 cm³/mol. The number of carboxylic acid groups (broad SMARTS) is 1. The van der Waals surface area contributed by atoms with Gasteiger partial charge in [0.15, 0.2) is 5.41 Å². The highest BCUT2D eigenvalue weighted by molar-refractivity contribution is 5.80. The number of carboxylic acids is 1. The molecule has 1 aliphatic carbocycles. The molecule has 0 heterocycles. The minimum absolute atomic E-state index is 0.136. The van der Waals surface area contributed by atoms with Crippen LogP contribution in [0, 0.1) is 28.6 Å². The standard InChI is InChI=1S/C16H26N2O4/c1-6-12(10(2)18-14(21)22-15(3,4)5)16(9-17,13(19)20)11-7-8-11/h10-12H,6-8H2,1-5H3,(H,18,21)(H,19,20)/t10-,12?,16?/m0/s1. The average Bonchev–Trinajstić information content (AvgIpc) is 3.16. The highest BCUT2D eigenvalue weighted by Crippen LogP contribution is 2.51. The summed E-state index contributed by atoms with van der Waals surface area (Å²) in [6, 6.07) is 1.58. The number of aliphatic carboxylic acids is 1. The lowest BCUT2D eigenvalue weighted by Gasteiger charge is -2.35. The summed E-state index contributed by atoms with van der Waals surface area (Å²) >= 11 is 0. The van der Waals surface area contributed by atoms with Crippen molar-refractivity contribution in [3.8, 4) is 6.07 Å². The van der Waals surface area contributed by atoms with Crippen LogP contribution in [0.25, 0.3) is 0 Å². The van der Waals surface area contributed by atoms with Gasteiger partial charge in [0, 0.05) is 12.0 Å². The van der Waals surface area contributed by atoms with Gasteiger partial charge in [-0.25, -0.2) is 4.79 Å². The topological polar surface area (TPSA) is 99.4 Å². The molecule has 0 radical (unpaired) electrons. The third kappa shape index (κ3) is 3.90. The van der Waals surface area contributed by atoms with Crippen molar-refractivity contribution in [1.82, 2.24) is 5.32 Å². The molecule has 0 aromatic heterocycles. The molecule has 6 nitrogen and oxygen atoms in total. The number of ether oxygens (including phenoxy) is 1. The molecule has 1 fully saturated rings. The summed E-state index contributed by atoms with van der Waals surface area (Å²) in [4.78, 5) is 23.7. The van der Waals surface area contributed by atoms with E-state index in [1.54, 1.807) is 27.7 Å². The van der Waals surface area contributed by atoms with Gasteiger partial charge in [-0.3, -0.25) is 4.79 Å². The SMILES string of the molecule is CCC([C@H](C)NC(=O)OC(C)(C)C)C(C#N)(C(=O)O)C1CC1. The highest BCUT2D eigenvalue weighted by Gasteiger charge is 2.57. The first-order chi connectivity index (χ1) is 10.1. The summed E-state index contributed by atoms with van der Waals surface area (Å²) in [6.07, 6.45) is 1.39. The van der Waals surface area contributed by atoms with Crippen LogP contribution in [0.2, 0.25) is 0 Å². The van der Waals surface area contributed by atoms with Crippen LogP contribution in [0.1, 0.15) is 53.9 Å². The number of hydrogen-bond donors (Lipinski definition) is 2. The van der Waals surface area contributed by atoms with Crippen molar-refractivity contribution >= 4 is 12.1 Å². The van der Waals surface area contributed by atoms with E-state index in [1.165, 1.54) is 0 Å². The lowest BCUT2D eigenvalue weighted by atomic mass is 9.68. The second kappa shape index (κ2) is 6.55. The van der Waals surface area contributed by atoms with E-state index in [4.69, 9.17) is 4.74 Å². The van der Waals surface area contributed by atoms with Gasteiger partial charge >= 0.3 is 12.1 Å². The fraction of sp³-hybridized carbons (Fsp3) is 0.812. The molecule has 6 heteroatoms. The Morgan fingerprint density at radius 2 is 1.95 bits per heavy atom. The summed E-state index contributed by atoms with van der Waals surface area (Å²) < 4.78 is 5.21. The molecule has 124 valence electrons. The zero-order valence-electron chi connectivity index (χ0n) is 14.0. The maximum Gasteiger partial charge on any atom is 0.407 e. The van der Waals surface area contributed by atoms with Crippen LogP contribution >= 0.6 is 0 Å². The Hall–Kier alpha value is -1.77. The second-order valence-corrected chi connectivity index (χ2v) is 7.01. The van der Waals surface area contributed by atoms with Gasteiger partial charge in [-0.15, -0.1) is 0 Å². The zero-order chi connectivity index (χ0) is 17.1. The first kappa shape index (κ1) is 18.3. The zero-order valence-corrected chi connectivity index (χ0v) is 14.0. The van der Waals surface area contributed by atoms with Gasteiger partial charge in [-0.2, -0.15) is 5.26 Å². The Kier molecular flexibility index (Phi) is 5.44. The number of amides is 1. The molecule has 0 aliphatic heterocycles. The molecule has 0 saturated heterocycles. The Morgan fingerprint density at radius 1 is 1.41 bits per heavy atom. The summed E-state index contributed by atoms with van der Waals surface area (Å²) in [5, 5.41) is 21.9. The number of nitrogens with zero attached hydrogens (tertiary/aromatic N) is 1. The number of carbonyl (C=O) groups is 2. The largest absolute Gasteiger partial charge is 0.480 e. The number of alkyl carbamates (subject to hydrolysis) is 1. The van der Waals surface area contributed by atoms with Gasteiger partial charge in [0.25, 0.3) is 0 Å². The Morgan fingerprint density at radius 3 is 2.27 bits per heavy atom. The number of rotatable bonds is 6. The van der Waals surface area contributed by atoms with E-state index >= 15 is 0 Å². The molecule has 0 aromatic rings. The van der Waals surface area contributed by atoms with Crippen LogP contribution in [0.4, 0.5) is 4.79 Å². The van der Waals surface area contributed by atoms with Crippen molar-refractivity contribution in [3.05, 3.63) is 0 Å². The molecule has 1 aliphatic rings. The molecule has 2 N–H and O–H groups in total. The minimum Gasteiger partial charge on any atom is -0.480 e. The molecule has 3 atom stereocenters. The summed E-state index contributed by atoms with van der Waals surface area (Å²) in [6.45, 7) is 8.85. The molecule has 22 heavy (non-hydrogen) atoms. The van der Waals surface area contributed by atoms with Crippen LogP contribution in [0.15, 0.2) is 0 Å². The van der Waals surface area contributed by atoms with Crippen LogP contribution in [0.3, 0.4) is 0 Å². The number of carbonyl (C=O) groups excluding carboxylic acids is 1. The van der Waals surface area contributed by atoms with Crippen molar-refractivity contribution in [2.45, 2.75) is 65.5 Å². The minimum atomic E-state index is -1.44. The third-order valence-corrected chi connectivity index (χ3v) is 4.13. The highest BCUT2D eigenvalue weighted by atomic mass is 16.6. The van der Waals surface area contributed by atoms with Gasteiger partial charge in [0.05, 0.1) is 6.07 Å². The van der Waals surface area contributed by atoms with Crippen molar-refractivity contribution in [2.24, 2.45) is 17.3 Å². The normalized spacial score (nSPS) is 20.2. The van der Waals surface area contributed by atoms with E-state index in [2.05, 4.69) is 5.32 Å². The Bertz CT molecular complexity index is 474. The second-order valence-electron chi connectivity index (χ2n) is 7.01. The lowest BCUT2D eigenvalue weighted by molar-refractivity contribution is -0.150.